The van der Waals surface area contributed by atoms with E-state index in [0.717, 1.165) is 6.42 Å². The Labute approximate surface area is 80.2 Å². The number of hydrogen-bond donors (Lipinski definition) is 0. The van der Waals surface area contributed by atoms with Crippen molar-refractivity contribution in [3.63, 3.8) is 0 Å². The van der Waals surface area contributed by atoms with Gasteiger partial charge in [-0.1, -0.05) is 0 Å². The molecule has 1 saturated heterocycles. The highest BCUT2D eigenvalue weighted by atomic mass is 35.5. The average molecular weight is 213 g/mol. The highest BCUT2D eigenvalue weighted by molar-refractivity contribution is 6.65. The van der Waals surface area contributed by atoms with E-state index in [4.69, 9.17) is 16.3 Å². The summed E-state index contributed by atoms with van der Waals surface area (Å²) in [6, 6.07) is 0. The van der Waals surface area contributed by atoms with Crippen LogP contribution in [0.1, 0.15) is 19.3 Å². The molecule has 0 amide bonds. The second-order valence-corrected chi connectivity index (χ2v) is 3.61. The van der Waals surface area contributed by atoms with E-state index in [1.54, 1.807) is 0 Å². The van der Waals surface area contributed by atoms with Crippen LogP contribution in [0, 0.1) is 5.92 Å². The van der Waals surface area contributed by atoms with Gasteiger partial charge in [-0.2, -0.15) is 8.78 Å². The monoisotopic (exact) mass is 212 g/mol. The molecule has 2 nitrogen and oxygen atoms in total. The Morgan fingerprint density at radius 1 is 1.62 bits per heavy atom. The van der Waals surface area contributed by atoms with Crippen LogP contribution in [0.2, 0.25) is 0 Å². The summed E-state index contributed by atoms with van der Waals surface area (Å²) in [5.41, 5.74) is 0. The molecule has 1 unspecified atom stereocenters. The lowest BCUT2D eigenvalue weighted by molar-refractivity contribution is -0.138. The molecule has 0 aromatic rings. The maximum absolute atomic E-state index is 12.8. The highest BCUT2D eigenvalue weighted by Crippen LogP contribution is 2.30. The summed E-state index contributed by atoms with van der Waals surface area (Å²) in [7, 11) is 0. The number of halogens is 3. The Bertz CT molecular complexity index is 191. The molecule has 0 saturated carbocycles. The average Bonchev–Trinajstić information content (AvgIpc) is 2.05. The van der Waals surface area contributed by atoms with Crippen molar-refractivity contribution in [2.24, 2.45) is 5.92 Å². The number of hydrogen-bond acceptors (Lipinski definition) is 2. The molecule has 1 atom stereocenters. The van der Waals surface area contributed by atoms with Gasteiger partial charge in [0.05, 0.1) is 0 Å². The van der Waals surface area contributed by atoms with Crippen molar-refractivity contribution in [2.75, 3.05) is 13.2 Å². The maximum Gasteiger partial charge on any atom is 0.320 e. The third kappa shape index (κ3) is 3.19. The van der Waals surface area contributed by atoms with E-state index in [2.05, 4.69) is 0 Å². The molecular formula is C8H11ClF2O2. The number of rotatable bonds is 3. The quantitative estimate of drug-likeness (QED) is 0.671. The summed E-state index contributed by atoms with van der Waals surface area (Å²) in [5.74, 6) is -3.64. The van der Waals surface area contributed by atoms with Crippen LogP contribution in [0.5, 0.6) is 0 Å². The van der Waals surface area contributed by atoms with Crippen LogP contribution in [0.4, 0.5) is 8.78 Å². The molecular weight excluding hydrogens is 202 g/mol. The van der Waals surface area contributed by atoms with Gasteiger partial charge in [0, 0.05) is 19.6 Å². The van der Waals surface area contributed by atoms with Gasteiger partial charge in [-0.3, -0.25) is 4.79 Å². The van der Waals surface area contributed by atoms with Gasteiger partial charge < -0.3 is 4.74 Å². The van der Waals surface area contributed by atoms with Crippen LogP contribution in [0.15, 0.2) is 0 Å². The fourth-order valence-electron chi connectivity index (χ4n) is 1.41. The molecule has 0 radical (unpaired) electrons. The first-order valence-corrected chi connectivity index (χ1v) is 4.55. The first-order chi connectivity index (χ1) is 6.02. The Hall–Kier alpha value is -0.220. The van der Waals surface area contributed by atoms with Crippen molar-refractivity contribution in [1.29, 1.82) is 0 Å². The summed E-state index contributed by atoms with van der Waals surface area (Å²) < 4.78 is 30.6. The van der Waals surface area contributed by atoms with Crippen LogP contribution >= 0.6 is 11.6 Å². The first-order valence-electron chi connectivity index (χ1n) is 4.18. The Kier molecular flexibility index (Phi) is 3.62. The molecule has 1 fully saturated rings. The molecule has 0 bridgehead atoms. The van der Waals surface area contributed by atoms with Crippen molar-refractivity contribution in [2.45, 2.75) is 25.2 Å². The van der Waals surface area contributed by atoms with E-state index < -0.39 is 17.6 Å². The first kappa shape index (κ1) is 10.9. The number of ether oxygens (including phenoxy) is 1. The lowest BCUT2D eigenvalue weighted by atomic mass is 9.95. The molecule has 76 valence electrons. The molecule has 1 aliphatic heterocycles. The largest absolute Gasteiger partial charge is 0.381 e. The zero-order valence-corrected chi connectivity index (χ0v) is 7.82. The predicted octanol–water partition coefficient (Wildman–Crippen LogP) is 2.20. The third-order valence-electron chi connectivity index (χ3n) is 2.09. The number of carbonyl (C=O) groups excluding carboxylic acids is 1. The van der Waals surface area contributed by atoms with Crippen molar-refractivity contribution < 1.29 is 18.3 Å². The van der Waals surface area contributed by atoms with Gasteiger partial charge >= 0.3 is 5.92 Å². The molecule has 1 aliphatic rings. The summed E-state index contributed by atoms with van der Waals surface area (Å²) in [6.07, 6.45) is 0.965. The summed E-state index contributed by atoms with van der Waals surface area (Å²) in [4.78, 5) is 10.3. The van der Waals surface area contributed by atoms with Crippen LogP contribution < -0.4 is 0 Å². The summed E-state index contributed by atoms with van der Waals surface area (Å²) >= 11 is 4.76. The van der Waals surface area contributed by atoms with Gasteiger partial charge in [0.25, 0.3) is 5.24 Å². The van der Waals surface area contributed by atoms with Gasteiger partial charge in [-0.15, -0.1) is 0 Å². The van der Waals surface area contributed by atoms with Gasteiger partial charge in [0.15, 0.2) is 0 Å². The second-order valence-electron chi connectivity index (χ2n) is 3.27. The fraction of sp³-hybridized carbons (Fsp3) is 0.875. The van der Waals surface area contributed by atoms with Crippen LogP contribution in [-0.4, -0.2) is 24.4 Å². The lowest BCUT2D eigenvalue weighted by Gasteiger charge is -2.24. The van der Waals surface area contributed by atoms with Crippen LogP contribution in [0.25, 0.3) is 0 Å². The second kappa shape index (κ2) is 4.33. The third-order valence-corrected chi connectivity index (χ3v) is 2.36. The number of carbonyl (C=O) groups is 1. The van der Waals surface area contributed by atoms with E-state index in [1.165, 1.54) is 0 Å². The molecule has 0 aliphatic carbocycles. The van der Waals surface area contributed by atoms with Gasteiger partial charge in [0.2, 0.25) is 0 Å². The molecule has 1 heterocycles. The minimum absolute atomic E-state index is 0.244. The lowest BCUT2D eigenvalue weighted by Crippen LogP contribution is -2.31. The van der Waals surface area contributed by atoms with E-state index in [1.807, 2.05) is 0 Å². The normalized spacial score (nSPS) is 24.4. The van der Waals surface area contributed by atoms with Crippen molar-refractivity contribution >= 4 is 16.8 Å². The predicted molar refractivity (Wildman–Crippen MR) is 44.0 cm³/mol. The smallest absolute Gasteiger partial charge is 0.320 e. The van der Waals surface area contributed by atoms with Crippen LogP contribution in [-0.2, 0) is 9.53 Å². The summed E-state index contributed by atoms with van der Waals surface area (Å²) in [6.45, 7) is 0.927. The van der Waals surface area contributed by atoms with Gasteiger partial charge in [-0.25, -0.2) is 0 Å². The molecule has 1 rings (SSSR count). The van der Waals surface area contributed by atoms with Crippen LogP contribution in [0.3, 0.4) is 0 Å². The van der Waals surface area contributed by atoms with Crippen molar-refractivity contribution in [3.05, 3.63) is 0 Å². The van der Waals surface area contributed by atoms with Crippen molar-refractivity contribution in [1.82, 2.24) is 0 Å². The number of alkyl halides is 2. The molecule has 13 heavy (non-hydrogen) atoms. The van der Waals surface area contributed by atoms with E-state index in [9.17, 15) is 13.6 Å². The Morgan fingerprint density at radius 3 is 2.77 bits per heavy atom. The minimum Gasteiger partial charge on any atom is -0.381 e. The molecule has 0 spiro atoms. The van der Waals surface area contributed by atoms with E-state index in [0.29, 0.717) is 19.6 Å². The standard InChI is InChI=1S/C8H11ClF2O2/c9-7(12)8(10,11)4-6-2-1-3-13-5-6/h6H,1-5H2. The van der Waals surface area contributed by atoms with E-state index in [-0.39, 0.29) is 5.92 Å². The Morgan fingerprint density at radius 2 is 2.31 bits per heavy atom. The molecule has 0 aromatic carbocycles. The molecule has 5 heteroatoms. The zero-order valence-electron chi connectivity index (χ0n) is 7.06. The minimum atomic E-state index is -3.40. The fourth-order valence-corrected chi connectivity index (χ4v) is 1.49. The Balaban J connectivity index is 2.41. The van der Waals surface area contributed by atoms with E-state index >= 15 is 0 Å². The molecule has 0 aromatic heterocycles. The highest BCUT2D eigenvalue weighted by Gasteiger charge is 2.40. The topological polar surface area (TPSA) is 26.3 Å². The SMILES string of the molecule is O=C(Cl)C(F)(F)CC1CCCOC1. The van der Waals surface area contributed by atoms with Gasteiger partial charge in [0.1, 0.15) is 0 Å². The van der Waals surface area contributed by atoms with Gasteiger partial charge in [-0.05, 0) is 30.4 Å². The van der Waals surface area contributed by atoms with Crippen molar-refractivity contribution in [3.8, 4) is 0 Å². The molecule has 0 N–H and O–H groups in total. The maximum atomic E-state index is 12.8. The summed E-state index contributed by atoms with van der Waals surface area (Å²) in [5, 5.41) is -1.57. The zero-order chi connectivity index (χ0) is 9.90.